The van der Waals surface area contributed by atoms with Crippen molar-refractivity contribution < 1.29 is 4.79 Å². The van der Waals surface area contributed by atoms with E-state index < -0.39 is 5.56 Å². The molecule has 1 fully saturated rings. The van der Waals surface area contributed by atoms with Crippen LogP contribution in [0.2, 0.25) is 10.0 Å². The van der Waals surface area contributed by atoms with Crippen LogP contribution in [0.25, 0.3) is 5.69 Å². The van der Waals surface area contributed by atoms with Gasteiger partial charge in [0.05, 0.1) is 24.1 Å². The van der Waals surface area contributed by atoms with Gasteiger partial charge in [-0.2, -0.15) is 9.78 Å². The SMILES string of the molecule is CCCNC(=O)CN1CCC(Nc2cnn(-c3ccc(C)c(Cl)c3)c(=O)c2Cl)CC1. The van der Waals surface area contributed by atoms with Gasteiger partial charge < -0.3 is 10.6 Å². The predicted octanol–water partition coefficient (Wildman–Crippen LogP) is 3.25. The molecule has 1 amide bonds. The van der Waals surface area contributed by atoms with Gasteiger partial charge in [-0.05, 0) is 43.9 Å². The number of aryl methyl sites for hydroxylation is 1. The summed E-state index contributed by atoms with van der Waals surface area (Å²) in [5.74, 6) is 0.0651. The van der Waals surface area contributed by atoms with Gasteiger partial charge in [0.25, 0.3) is 5.56 Å². The zero-order valence-electron chi connectivity index (χ0n) is 17.3. The van der Waals surface area contributed by atoms with Crippen molar-refractivity contribution in [3.63, 3.8) is 0 Å². The summed E-state index contributed by atoms with van der Waals surface area (Å²) in [6.45, 7) is 6.67. The summed E-state index contributed by atoms with van der Waals surface area (Å²) in [6, 6.07) is 5.48. The van der Waals surface area contributed by atoms with E-state index in [0.717, 1.165) is 37.9 Å². The molecule has 3 rings (SSSR count). The lowest BCUT2D eigenvalue weighted by Crippen LogP contribution is -2.44. The first-order valence-corrected chi connectivity index (χ1v) is 10.9. The maximum absolute atomic E-state index is 12.7. The third kappa shape index (κ3) is 5.53. The van der Waals surface area contributed by atoms with Gasteiger partial charge in [-0.1, -0.05) is 36.2 Å². The van der Waals surface area contributed by atoms with E-state index >= 15 is 0 Å². The summed E-state index contributed by atoms with van der Waals surface area (Å²) in [5.41, 5.74) is 1.62. The van der Waals surface area contributed by atoms with E-state index in [1.165, 1.54) is 4.68 Å². The molecule has 0 aliphatic carbocycles. The number of anilines is 1. The molecule has 7 nitrogen and oxygen atoms in total. The van der Waals surface area contributed by atoms with Crippen LogP contribution in [-0.4, -0.2) is 52.8 Å². The number of aromatic nitrogens is 2. The maximum Gasteiger partial charge on any atom is 0.292 e. The Labute approximate surface area is 186 Å². The molecule has 9 heteroatoms. The fourth-order valence-electron chi connectivity index (χ4n) is 3.41. The summed E-state index contributed by atoms with van der Waals surface area (Å²) in [4.78, 5) is 26.7. The summed E-state index contributed by atoms with van der Waals surface area (Å²) in [6.07, 6.45) is 4.21. The van der Waals surface area contributed by atoms with Crippen LogP contribution in [0.1, 0.15) is 31.7 Å². The topological polar surface area (TPSA) is 79.3 Å². The fourth-order valence-corrected chi connectivity index (χ4v) is 3.77. The second-order valence-corrected chi connectivity index (χ2v) is 8.35. The summed E-state index contributed by atoms with van der Waals surface area (Å²) in [7, 11) is 0. The molecule has 2 N–H and O–H groups in total. The van der Waals surface area contributed by atoms with Gasteiger partial charge in [0.15, 0.2) is 0 Å². The normalized spacial score (nSPS) is 15.2. The van der Waals surface area contributed by atoms with E-state index in [2.05, 4.69) is 20.6 Å². The number of likely N-dealkylation sites (tertiary alicyclic amines) is 1. The van der Waals surface area contributed by atoms with Gasteiger partial charge in [0, 0.05) is 30.7 Å². The molecule has 2 aromatic rings. The Morgan fingerprint density at radius 2 is 2.00 bits per heavy atom. The van der Waals surface area contributed by atoms with Crippen molar-refractivity contribution in [1.82, 2.24) is 20.0 Å². The fraction of sp³-hybridized carbons (Fsp3) is 0.476. The molecular formula is C21H27Cl2N5O2. The third-order valence-corrected chi connectivity index (χ3v) is 5.98. The molecule has 2 heterocycles. The van der Waals surface area contributed by atoms with Crippen molar-refractivity contribution in [1.29, 1.82) is 0 Å². The highest BCUT2D eigenvalue weighted by atomic mass is 35.5. The van der Waals surface area contributed by atoms with Crippen LogP contribution < -0.4 is 16.2 Å². The van der Waals surface area contributed by atoms with Gasteiger partial charge in [0.2, 0.25) is 5.91 Å². The Hall–Kier alpha value is -2.09. The van der Waals surface area contributed by atoms with Crippen LogP contribution in [0.3, 0.4) is 0 Å². The molecule has 0 bridgehead atoms. The Bertz CT molecular complexity index is 955. The third-order valence-electron chi connectivity index (χ3n) is 5.21. The average molecular weight is 452 g/mol. The van der Waals surface area contributed by atoms with Crippen molar-refractivity contribution in [2.24, 2.45) is 0 Å². The molecule has 162 valence electrons. The quantitative estimate of drug-likeness (QED) is 0.675. The summed E-state index contributed by atoms with van der Waals surface area (Å²) in [5, 5.41) is 11.2. The highest BCUT2D eigenvalue weighted by Crippen LogP contribution is 2.23. The monoisotopic (exact) mass is 451 g/mol. The molecule has 0 atom stereocenters. The number of nitrogens with zero attached hydrogens (tertiary/aromatic N) is 3. The highest BCUT2D eigenvalue weighted by molar-refractivity contribution is 6.33. The molecule has 0 saturated carbocycles. The van der Waals surface area contributed by atoms with Crippen molar-refractivity contribution in [3.8, 4) is 5.69 Å². The van der Waals surface area contributed by atoms with Crippen LogP contribution >= 0.6 is 23.2 Å². The standard InChI is InChI=1S/C21H27Cl2N5O2/c1-3-8-24-19(29)13-27-9-6-15(7-10-27)26-18-12-25-28(21(30)20(18)23)16-5-4-14(2)17(22)11-16/h4-5,11-12,15,26H,3,6-10,13H2,1-2H3,(H,24,29). The smallest absolute Gasteiger partial charge is 0.292 e. The molecule has 1 saturated heterocycles. The van der Waals surface area contributed by atoms with Crippen molar-refractivity contribution >= 4 is 34.8 Å². The lowest BCUT2D eigenvalue weighted by Gasteiger charge is -2.32. The number of hydrogen-bond donors (Lipinski definition) is 2. The first-order valence-electron chi connectivity index (χ1n) is 10.2. The molecule has 0 spiro atoms. The van der Waals surface area contributed by atoms with Gasteiger partial charge in [-0.15, -0.1) is 0 Å². The maximum atomic E-state index is 12.7. The Balaban J connectivity index is 1.61. The number of amides is 1. The molecule has 0 unspecified atom stereocenters. The van der Waals surface area contributed by atoms with Gasteiger partial charge in [-0.25, -0.2) is 0 Å². The zero-order chi connectivity index (χ0) is 21.7. The van der Waals surface area contributed by atoms with Gasteiger partial charge in [-0.3, -0.25) is 14.5 Å². The first kappa shape index (κ1) is 22.6. The summed E-state index contributed by atoms with van der Waals surface area (Å²) < 4.78 is 1.25. The van der Waals surface area contributed by atoms with Crippen molar-refractivity contribution in [2.75, 3.05) is 31.5 Å². The Morgan fingerprint density at radius 1 is 1.27 bits per heavy atom. The van der Waals surface area contributed by atoms with Crippen LogP contribution in [0.15, 0.2) is 29.2 Å². The number of halogens is 2. The largest absolute Gasteiger partial charge is 0.380 e. The minimum atomic E-state index is -0.397. The minimum absolute atomic E-state index is 0.0651. The van der Waals surface area contributed by atoms with Gasteiger partial charge in [0.1, 0.15) is 5.02 Å². The molecule has 1 aliphatic heterocycles. The number of piperidine rings is 1. The van der Waals surface area contributed by atoms with Crippen LogP contribution in [0, 0.1) is 6.92 Å². The number of nitrogens with one attached hydrogen (secondary N) is 2. The predicted molar refractivity (Wildman–Crippen MR) is 121 cm³/mol. The lowest BCUT2D eigenvalue weighted by atomic mass is 10.0. The number of carbonyl (C=O) groups is 1. The number of benzene rings is 1. The van der Waals surface area contributed by atoms with Crippen molar-refractivity contribution in [3.05, 3.63) is 50.4 Å². The van der Waals surface area contributed by atoms with Crippen LogP contribution in [-0.2, 0) is 4.79 Å². The molecule has 30 heavy (non-hydrogen) atoms. The minimum Gasteiger partial charge on any atom is -0.380 e. The molecule has 1 aliphatic rings. The average Bonchev–Trinajstić information content (AvgIpc) is 2.73. The van der Waals surface area contributed by atoms with Crippen LogP contribution in [0.5, 0.6) is 0 Å². The Kier molecular flexibility index (Phi) is 7.75. The van der Waals surface area contributed by atoms with Crippen molar-refractivity contribution in [2.45, 2.75) is 39.2 Å². The second kappa shape index (κ2) is 10.3. The highest BCUT2D eigenvalue weighted by Gasteiger charge is 2.22. The van der Waals surface area contributed by atoms with E-state index in [-0.39, 0.29) is 17.0 Å². The molecule has 1 aromatic carbocycles. The molecular weight excluding hydrogens is 425 g/mol. The summed E-state index contributed by atoms with van der Waals surface area (Å²) >= 11 is 12.5. The number of carbonyl (C=O) groups excluding carboxylic acids is 1. The van der Waals surface area contributed by atoms with E-state index in [1.807, 2.05) is 19.9 Å². The Morgan fingerprint density at radius 3 is 2.67 bits per heavy atom. The number of rotatable bonds is 7. The second-order valence-electron chi connectivity index (χ2n) is 7.57. The molecule has 1 aromatic heterocycles. The lowest BCUT2D eigenvalue weighted by molar-refractivity contribution is -0.122. The van der Waals surface area contributed by atoms with Crippen LogP contribution in [0.4, 0.5) is 5.69 Å². The first-order chi connectivity index (χ1) is 14.4. The van der Waals surface area contributed by atoms with E-state index in [4.69, 9.17) is 23.2 Å². The zero-order valence-corrected chi connectivity index (χ0v) is 18.8. The van der Waals surface area contributed by atoms with E-state index in [1.54, 1.807) is 18.3 Å². The van der Waals surface area contributed by atoms with E-state index in [0.29, 0.717) is 29.5 Å². The number of hydrogen-bond acceptors (Lipinski definition) is 5. The van der Waals surface area contributed by atoms with E-state index in [9.17, 15) is 9.59 Å². The molecule has 0 radical (unpaired) electrons. The van der Waals surface area contributed by atoms with Gasteiger partial charge >= 0.3 is 0 Å².